The summed E-state index contributed by atoms with van der Waals surface area (Å²) in [7, 11) is 0. The van der Waals surface area contributed by atoms with Gasteiger partial charge in [-0.1, -0.05) is 55.1 Å². The van der Waals surface area contributed by atoms with Gasteiger partial charge in [-0.05, 0) is 35.9 Å². The monoisotopic (exact) mass is 428 g/mol. The Morgan fingerprint density at radius 1 is 1.00 bits per heavy atom. The van der Waals surface area contributed by atoms with Gasteiger partial charge in [0.05, 0.1) is 4.83 Å². The van der Waals surface area contributed by atoms with Crippen molar-refractivity contribution in [1.82, 2.24) is 0 Å². The van der Waals surface area contributed by atoms with E-state index in [-0.39, 0.29) is 5.56 Å². The molecule has 0 aliphatic rings. The normalized spacial score (nSPS) is 12.5. The van der Waals surface area contributed by atoms with Crippen LogP contribution in [0.2, 0.25) is 10.0 Å². The van der Waals surface area contributed by atoms with Crippen molar-refractivity contribution in [3.63, 3.8) is 0 Å². The minimum atomic E-state index is -0.716. The summed E-state index contributed by atoms with van der Waals surface area (Å²) in [4.78, 5) is -0.716. The van der Waals surface area contributed by atoms with Crippen molar-refractivity contribution in [2.75, 3.05) is 0 Å². The van der Waals surface area contributed by atoms with E-state index in [1.807, 2.05) is 0 Å². The number of hydrogen-bond acceptors (Lipinski definition) is 0. The van der Waals surface area contributed by atoms with Crippen molar-refractivity contribution < 1.29 is 8.78 Å². The first-order valence-corrected chi connectivity index (χ1v) is 7.60. The highest BCUT2D eigenvalue weighted by Crippen LogP contribution is 2.39. The fraction of sp³-hybridized carbons (Fsp3) is 0.0769. The van der Waals surface area contributed by atoms with Crippen molar-refractivity contribution in [2.24, 2.45) is 0 Å². The quantitative estimate of drug-likeness (QED) is 0.476. The van der Waals surface area contributed by atoms with Crippen LogP contribution in [0.4, 0.5) is 8.78 Å². The van der Waals surface area contributed by atoms with Crippen LogP contribution in [0.3, 0.4) is 0 Å². The van der Waals surface area contributed by atoms with E-state index in [0.29, 0.717) is 20.1 Å². The van der Waals surface area contributed by atoms with Crippen molar-refractivity contribution in [1.29, 1.82) is 0 Å². The van der Waals surface area contributed by atoms with Gasteiger partial charge in [-0.15, -0.1) is 0 Å². The van der Waals surface area contributed by atoms with Crippen LogP contribution >= 0.6 is 55.1 Å². The molecule has 0 aliphatic heterocycles. The number of halogens is 6. The van der Waals surface area contributed by atoms with Crippen LogP contribution in [0.5, 0.6) is 0 Å². The first kappa shape index (κ1) is 15.2. The van der Waals surface area contributed by atoms with Gasteiger partial charge in [0.25, 0.3) is 0 Å². The molecule has 1 atom stereocenters. The van der Waals surface area contributed by atoms with E-state index in [4.69, 9.17) is 23.2 Å². The lowest BCUT2D eigenvalue weighted by molar-refractivity contribution is 0.559. The maximum atomic E-state index is 13.9. The van der Waals surface area contributed by atoms with Crippen LogP contribution in [-0.4, -0.2) is 0 Å². The van der Waals surface area contributed by atoms with Crippen LogP contribution in [-0.2, 0) is 0 Å². The first-order chi connectivity index (χ1) is 8.90. The third-order valence-electron chi connectivity index (χ3n) is 2.53. The van der Waals surface area contributed by atoms with E-state index in [1.165, 1.54) is 12.1 Å². The van der Waals surface area contributed by atoms with E-state index in [9.17, 15) is 8.78 Å². The average molecular weight is 431 g/mol. The summed E-state index contributed by atoms with van der Waals surface area (Å²) in [6.45, 7) is 0. The summed E-state index contributed by atoms with van der Waals surface area (Å²) in [5, 5.41) is 0.828. The molecule has 0 heterocycles. The zero-order valence-electron chi connectivity index (χ0n) is 9.23. The Hall–Kier alpha value is -0.160. The topological polar surface area (TPSA) is 0 Å². The van der Waals surface area contributed by atoms with Crippen LogP contribution in [0.25, 0.3) is 0 Å². The molecule has 0 aromatic heterocycles. The zero-order valence-corrected chi connectivity index (χ0v) is 13.9. The molecule has 2 rings (SSSR count). The Morgan fingerprint density at radius 2 is 1.58 bits per heavy atom. The molecule has 6 heteroatoms. The Kier molecular flexibility index (Phi) is 4.88. The van der Waals surface area contributed by atoms with E-state index < -0.39 is 16.5 Å². The Labute approximate surface area is 136 Å². The van der Waals surface area contributed by atoms with Crippen LogP contribution in [0.15, 0.2) is 34.8 Å². The van der Waals surface area contributed by atoms with Crippen molar-refractivity contribution in [3.05, 3.63) is 67.6 Å². The molecule has 0 fully saturated rings. The molecule has 0 radical (unpaired) electrons. The molecular formula is C13H6Br2Cl2F2. The fourth-order valence-electron chi connectivity index (χ4n) is 1.66. The third-order valence-corrected chi connectivity index (χ3v) is 4.52. The summed E-state index contributed by atoms with van der Waals surface area (Å²) in [5.74, 6) is -1.32. The SMILES string of the molecule is Fc1cc(Br)cc(F)c1C(Br)c1cc(Cl)ccc1Cl. The minimum absolute atomic E-state index is 0.104. The molecule has 1 unspecified atom stereocenters. The molecule has 0 amide bonds. The first-order valence-electron chi connectivity index (χ1n) is 5.13. The van der Waals surface area contributed by atoms with Gasteiger partial charge in [-0.2, -0.15) is 0 Å². The van der Waals surface area contributed by atoms with Crippen molar-refractivity contribution in [2.45, 2.75) is 4.83 Å². The highest BCUT2D eigenvalue weighted by molar-refractivity contribution is 9.10. The molecule has 100 valence electrons. The van der Waals surface area contributed by atoms with E-state index in [2.05, 4.69) is 31.9 Å². The molecule has 0 nitrogen and oxygen atoms in total. The van der Waals surface area contributed by atoms with Gasteiger partial charge >= 0.3 is 0 Å². The average Bonchev–Trinajstić information content (AvgIpc) is 2.30. The molecule has 0 N–H and O–H groups in total. The lowest BCUT2D eigenvalue weighted by atomic mass is 10.0. The zero-order chi connectivity index (χ0) is 14.2. The number of benzene rings is 2. The third kappa shape index (κ3) is 3.30. The maximum absolute atomic E-state index is 13.9. The maximum Gasteiger partial charge on any atom is 0.131 e. The van der Waals surface area contributed by atoms with Crippen molar-refractivity contribution >= 4 is 55.1 Å². The summed E-state index contributed by atoms with van der Waals surface area (Å²) in [6, 6.07) is 7.17. The van der Waals surface area contributed by atoms with Gasteiger partial charge in [0, 0.05) is 20.1 Å². The fourth-order valence-corrected chi connectivity index (χ4v) is 3.42. The summed E-state index contributed by atoms with van der Waals surface area (Å²) in [5.41, 5.74) is 0.404. The molecule has 0 saturated heterocycles. The molecule has 19 heavy (non-hydrogen) atoms. The van der Waals surface area contributed by atoms with Crippen LogP contribution in [0.1, 0.15) is 16.0 Å². The lowest BCUT2D eigenvalue weighted by Gasteiger charge is -2.15. The molecule has 2 aromatic carbocycles. The van der Waals surface area contributed by atoms with E-state index in [0.717, 1.165) is 0 Å². The van der Waals surface area contributed by atoms with E-state index in [1.54, 1.807) is 18.2 Å². The number of hydrogen-bond donors (Lipinski definition) is 0. The summed E-state index contributed by atoms with van der Waals surface area (Å²) >= 11 is 18.2. The van der Waals surface area contributed by atoms with Crippen LogP contribution in [0, 0.1) is 11.6 Å². The van der Waals surface area contributed by atoms with E-state index >= 15 is 0 Å². The summed E-state index contributed by atoms with van der Waals surface area (Å²) in [6.07, 6.45) is 0. The highest BCUT2D eigenvalue weighted by atomic mass is 79.9. The molecule has 0 saturated carbocycles. The van der Waals surface area contributed by atoms with Gasteiger partial charge in [0.2, 0.25) is 0 Å². The number of rotatable bonds is 2. The summed E-state index contributed by atoms with van der Waals surface area (Å²) < 4.78 is 28.1. The molecule has 0 aliphatic carbocycles. The Morgan fingerprint density at radius 3 is 2.16 bits per heavy atom. The predicted molar refractivity (Wildman–Crippen MR) is 81.3 cm³/mol. The molecule has 0 bridgehead atoms. The van der Waals surface area contributed by atoms with Crippen molar-refractivity contribution in [3.8, 4) is 0 Å². The second kappa shape index (κ2) is 6.08. The van der Waals surface area contributed by atoms with Gasteiger partial charge < -0.3 is 0 Å². The largest absolute Gasteiger partial charge is 0.206 e. The Balaban J connectivity index is 2.56. The van der Waals surface area contributed by atoms with Gasteiger partial charge in [0.1, 0.15) is 11.6 Å². The highest BCUT2D eigenvalue weighted by Gasteiger charge is 2.22. The van der Waals surface area contributed by atoms with Gasteiger partial charge in [-0.25, -0.2) is 8.78 Å². The molecular weight excluding hydrogens is 425 g/mol. The Bertz CT molecular complexity index is 609. The second-order valence-electron chi connectivity index (χ2n) is 3.81. The minimum Gasteiger partial charge on any atom is -0.206 e. The van der Waals surface area contributed by atoms with Crippen LogP contribution < -0.4 is 0 Å². The standard InChI is InChI=1S/C13H6Br2Cl2F2/c14-6-3-10(18)12(11(19)4-6)13(15)8-5-7(16)1-2-9(8)17/h1-5,13H. The molecule has 2 aromatic rings. The smallest absolute Gasteiger partial charge is 0.131 e. The predicted octanol–water partition coefficient (Wildman–Crippen LogP) is 6.52. The lowest BCUT2D eigenvalue weighted by Crippen LogP contribution is -2.01. The van der Waals surface area contributed by atoms with Gasteiger partial charge in [-0.3, -0.25) is 0 Å². The molecule has 0 spiro atoms. The van der Waals surface area contributed by atoms with Gasteiger partial charge in [0.15, 0.2) is 0 Å². The number of alkyl halides is 1. The second-order valence-corrected chi connectivity index (χ2v) is 6.49.